The molecular formula is C17H27NO4S. The summed E-state index contributed by atoms with van der Waals surface area (Å²) in [4.78, 5) is 26.6. The quantitative estimate of drug-likeness (QED) is 0.458. The summed E-state index contributed by atoms with van der Waals surface area (Å²) in [7, 11) is 1.37. The zero-order valence-corrected chi connectivity index (χ0v) is 15.1. The molecule has 0 saturated heterocycles. The van der Waals surface area contributed by atoms with E-state index in [0.29, 0.717) is 24.6 Å². The molecule has 1 unspecified atom stereocenters. The van der Waals surface area contributed by atoms with Crippen LogP contribution in [0.5, 0.6) is 0 Å². The molecular weight excluding hydrogens is 314 g/mol. The van der Waals surface area contributed by atoms with E-state index in [9.17, 15) is 9.59 Å². The van der Waals surface area contributed by atoms with E-state index >= 15 is 0 Å². The highest BCUT2D eigenvalue weighted by molar-refractivity contribution is 7.12. The third kappa shape index (κ3) is 7.14. The first-order valence-electron chi connectivity index (χ1n) is 8.08. The van der Waals surface area contributed by atoms with Crippen LogP contribution in [0.3, 0.4) is 0 Å². The maximum absolute atomic E-state index is 12.6. The van der Waals surface area contributed by atoms with Gasteiger partial charge in [0.2, 0.25) is 0 Å². The summed E-state index contributed by atoms with van der Waals surface area (Å²) in [6, 6.07) is 3.66. The van der Waals surface area contributed by atoms with Gasteiger partial charge in [-0.25, -0.2) is 0 Å². The predicted molar refractivity (Wildman–Crippen MR) is 91.7 cm³/mol. The SMILES string of the molecule is CCCCOCCCN(CC(C)C(=O)OC)C(=O)c1cccs1. The molecule has 6 heteroatoms. The molecule has 0 aromatic carbocycles. The third-order valence-corrected chi connectivity index (χ3v) is 4.33. The molecule has 1 atom stereocenters. The van der Waals surface area contributed by atoms with Crippen molar-refractivity contribution in [1.82, 2.24) is 4.90 Å². The number of ether oxygens (including phenoxy) is 2. The van der Waals surface area contributed by atoms with Crippen LogP contribution < -0.4 is 0 Å². The van der Waals surface area contributed by atoms with Crippen LogP contribution in [-0.4, -0.2) is 50.2 Å². The smallest absolute Gasteiger partial charge is 0.310 e. The Morgan fingerprint density at radius 1 is 1.30 bits per heavy atom. The van der Waals surface area contributed by atoms with E-state index in [4.69, 9.17) is 9.47 Å². The summed E-state index contributed by atoms with van der Waals surface area (Å²) in [6.45, 7) is 6.22. The van der Waals surface area contributed by atoms with E-state index in [1.807, 2.05) is 11.4 Å². The lowest BCUT2D eigenvalue weighted by atomic mass is 10.1. The van der Waals surface area contributed by atoms with Crippen LogP contribution in [0.1, 0.15) is 42.8 Å². The number of carbonyl (C=O) groups is 2. The zero-order valence-electron chi connectivity index (χ0n) is 14.2. The van der Waals surface area contributed by atoms with Gasteiger partial charge in [0.05, 0.1) is 17.9 Å². The van der Waals surface area contributed by atoms with E-state index in [-0.39, 0.29) is 17.8 Å². The van der Waals surface area contributed by atoms with Gasteiger partial charge in [-0.3, -0.25) is 9.59 Å². The van der Waals surface area contributed by atoms with Crippen LogP contribution in [0.25, 0.3) is 0 Å². The van der Waals surface area contributed by atoms with E-state index in [2.05, 4.69) is 6.92 Å². The fraction of sp³-hybridized carbons (Fsp3) is 0.647. The summed E-state index contributed by atoms with van der Waals surface area (Å²) < 4.78 is 10.3. The third-order valence-electron chi connectivity index (χ3n) is 3.48. The Morgan fingerprint density at radius 3 is 2.65 bits per heavy atom. The van der Waals surface area contributed by atoms with Crippen molar-refractivity contribution in [1.29, 1.82) is 0 Å². The molecule has 0 fully saturated rings. The van der Waals surface area contributed by atoms with E-state index in [1.54, 1.807) is 17.9 Å². The number of nitrogens with zero attached hydrogens (tertiary/aromatic N) is 1. The first-order valence-corrected chi connectivity index (χ1v) is 8.96. The van der Waals surface area contributed by atoms with Gasteiger partial charge in [-0.1, -0.05) is 26.3 Å². The minimum Gasteiger partial charge on any atom is -0.469 e. The number of hydrogen-bond donors (Lipinski definition) is 0. The van der Waals surface area contributed by atoms with E-state index in [0.717, 1.165) is 25.9 Å². The summed E-state index contributed by atoms with van der Waals surface area (Å²) in [6.07, 6.45) is 2.92. The van der Waals surface area contributed by atoms with Gasteiger partial charge in [0.25, 0.3) is 5.91 Å². The van der Waals surface area contributed by atoms with Gasteiger partial charge in [0, 0.05) is 26.3 Å². The van der Waals surface area contributed by atoms with Crippen molar-refractivity contribution in [2.45, 2.75) is 33.1 Å². The normalized spacial score (nSPS) is 12.0. The number of thiophene rings is 1. The highest BCUT2D eigenvalue weighted by Gasteiger charge is 2.22. The molecule has 0 aliphatic heterocycles. The first-order chi connectivity index (χ1) is 11.1. The maximum atomic E-state index is 12.6. The summed E-state index contributed by atoms with van der Waals surface area (Å²) in [5, 5.41) is 1.88. The Labute approximate surface area is 142 Å². The average molecular weight is 341 g/mol. The van der Waals surface area contributed by atoms with Gasteiger partial charge in [-0.2, -0.15) is 0 Å². The number of hydrogen-bond acceptors (Lipinski definition) is 5. The van der Waals surface area contributed by atoms with Gasteiger partial charge < -0.3 is 14.4 Å². The van der Waals surface area contributed by atoms with E-state index in [1.165, 1.54) is 18.4 Å². The van der Waals surface area contributed by atoms with Gasteiger partial charge in [-0.05, 0) is 24.3 Å². The van der Waals surface area contributed by atoms with Crippen molar-refractivity contribution in [3.8, 4) is 0 Å². The van der Waals surface area contributed by atoms with Crippen molar-refractivity contribution < 1.29 is 19.1 Å². The molecule has 0 saturated carbocycles. The topological polar surface area (TPSA) is 55.8 Å². The number of methoxy groups -OCH3 is 1. The van der Waals surface area contributed by atoms with Crippen molar-refractivity contribution in [3.63, 3.8) is 0 Å². The summed E-state index contributed by atoms with van der Waals surface area (Å²) >= 11 is 1.41. The number of rotatable bonds is 11. The largest absolute Gasteiger partial charge is 0.469 e. The van der Waals surface area contributed by atoms with Gasteiger partial charge in [-0.15, -0.1) is 11.3 Å². The molecule has 0 bridgehead atoms. The Morgan fingerprint density at radius 2 is 2.04 bits per heavy atom. The Bertz CT molecular complexity index is 461. The lowest BCUT2D eigenvalue weighted by molar-refractivity contribution is -0.145. The van der Waals surface area contributed by atoms with Crippen LogP contribution in [0.2, 0.25) is 0 Å². The Balaban J connectivity index is 2.54. The minimum absolute atomic E-state index is 0.0377. The van der Waals surface area contributed by atoms with E-state index < -0.39 is 0 Å². The van der Waals surface area contributed by atoms with Crippen molar-refractivity contribution >= 4 is 23.2 Å². The van der Waals surface area contributed by atoms with Crippen LogP contribution in [0.15, 0.2) is 17.5 Å². The second kappa shape index (κ2) is 11.2. The number of amides is 1. The Kier molecular flexibility index (Phi) is 9.55. The molecule has 130 valence electrons. The minimum atomic E-state index is -0.343. The van der Waals surface area contributed by atoms with Crippen LogP contribution in [0, 0.1) is 5.92 Å². The fourth-order valence-electron chi connectivity index (χ4n) is 2.14. The van der Waals surface area contributed by atoms with Gasteiger partial charge in [0.1, 0.15) is 0 Å². The molecule has 1 aromatic heterocycles. The van der Waals surface area contributed by atoms with Gasteiger partial charge in [0.15, 0.2) is 0 Å². The molecule has 23 heavy (non-hydrogen) atoms. The molecule has 1 aromatic rings. The lowest BCUT2D eigenvalue weighted by Gasteiger charge is -2.24. The summed E-state index contributed by atoms with van der Waals surface area (Å²) in [5.41, 5.74) is 0. The maximum Gasteiger partial charge on any atom is 0.310 e. The standard InChI is InChI=1S/C17H27NO4S/c1-4-5-10-22-11-7-9-18(13-14(2)17(20)21-3)16(19)15-8-6-12-23-15/h6,8,12,14H,4-5,7,9-11,13H2,1-3H3. The van der Waals surface area contributed by atoms with Crippen molar-refractivity contribution in [2.75, 3.05) is 33.4 Å². The highest BCUT2D eigenvalue weighted by Crippen LogP contribution is 2.14. The molecule has 0 spiro atoms. The van der Waals surface area contributed by atoms with Crippen molar-refractivity contribution in [3.05, 3.63) is 22.4 Å². The fourth-order valence-corrected chi connectivity index (χ4v) is 2.83. The second-order valence-electron chi connectivity index (χ2n) is 5.47. The average Bonchev–Trinajstić information content (AvgIpc) is 3.09. The zero-order chi connectivity index (χ0) is 17.1. The molecule has 0 N–H and O–H groups in total. The van der Waals surface area contributed by atoms with Crippen LogP contribution in [0.4, 0.5) is 0 Å². The summed E-state index contributed by atoms with van der Waals surface area (Å²) in [5.74, 6) is -0.678. The van der Waals surface area contributed by atoms with Crippen LogP contribution in [-0.2, 0) is 14.3 Å². The molecule has 1 amide bonds. The first kappa shape index (κ1) is 19.6. The van der Waals surface area contributed by atoms with Gasteiger partial charge >= 0.3 is 5.97 Å². The molecule has 5 nitrogen and oxygen atoms in total. The molecule has 0 aliphatic rings. The Hall–Kier alpha value is -1.40. The predicted octanol–water partition coefficient (Wildman–Crippen LogP) is 3.21. The second-order valence-corrected chi connectivity index (χ2v) is 6.42. The molecule has 0 aliphatic carbocycles. The van der Waals surface area contributed by atoms with Crippen LogP contribution >= 0.6 is 11.3 Å². The van der Waals surface area contributed by atoms with Crippen molar-refractivity contribution in [2.24, 2.45) is 5.92 Å². The molecule has 1 heterocycles. The molecule has 0 radical (unpaired) electrons. The highest BCUT2D eigenvalue weighted by atomic mass is 32.1. The molecule has 1 rings (SSSR count). The lowest BCUT2D eigenvalue weighted by Crippen LogP contribution is -2.38. The number of unbranched alkanes of at least 4 members (excludes halogenated alkanes) is 1. The number of esters is 1. The number of carbonyl (C=O) groups excluding carboxylic acids is 2. The monoisotopic (exact) mass is 341 g/mol.